The number of likely N-dealkylation sites (N-methyl/N-ethyl adjacent to an activating group) is 1. The van der Waals surface area contributed by atoms with Crippen LogP contribution in [-0.4, -0.2) is 55.5 Å². The van der Waals surface area contributed by atoms with E-state index in [0.717, 1.165) is 18.5 Å². The quantitative estimate of drug-likeness (QED) is 0.763. The largest absolute Gasteiger partial charge is 0.469 e. The van der Waals surface area contributed by atoms with E-state index in [0.29, 0.717) is 19.6 Å². The van der Waals surface area contributed by atoms with Crippen LogP contribution in [-0.2, 0) is 20.9 Å². The van der Waals surface area contributed by atoms with E-state index in [4.69, 9.17) is 4.74 Å². The average molecular weight is 290 g/mol. The summed E-state index contributed by atoms with van der Waals surface area (Å²) in [5.41, 5.74) is 1.11. The number of amides is 1. The van der Waals surface area contributed by atoms with Crippen LogP contribution in [0, 0.1) is 5.92 Å². The minimum absolute atomic E-state index is 0.0735. The van der Waals surface area contributed by atoms with Gasteiger partial charge in [-0.05, 0) is 18.5 Å². The molecule has 1 aromatic carbocycles. The second-order valence-electron chi connectivity index (χ2n) is 5.48. The third-order valence-electron chi connectivity index (χ3n) is 3.85. The molecule has 1 heterocycles. The monoisotopic (exact) mass is 290 g/mol. The summed E-state index contributed by atoms with van der Waals surface area (Å²) < 4.78 is 4.75. The number of esters is 1. The highest BCUT2D eigenvalue weighted by atomic mass is 16.5. The SMILES string of the molecule is COC(=O)C1CCN(CC(=O)N(C)Cc2ccccc2)C1. The molecule has 0 radical (unpaired) electrons. The highest BCUT2D eigenvalue weighted by Crippen LogP contribution is 2.17. The van der Waals surface area contributed by atoms with E-state index in [1.165, 1.54) is 7.11 Å². The van der Waals surface area contributed by atoms with E-state index in [1.54, 1.807) is 4.90 Å². The maximum atomic E-state index is 12.2. The molecule has 1 fully saturated rings. The van der Waals surface area contributed by atoms with Crippen molar-refractivity contribution >= 4 is 11.9 Å². The molecule has 0 bridgehead atoms. The van der Waals surface area contributed by atoms with Crippen LogP contribution >= 0.6 is 0 Å². The van der Waals surface area contributed by atoms with Crippen molar-refractivity contribution in [3.63, 3.8) is 0 Å². The summed E-state index contributed by atoms with van der Waals surface area (Å²) in [5, 5.41) is 0. The van der Waals surface area contributed by atoms with Crippen molar-refractivity contribution in [2.45, 2.75) is 13.0 Å². The first-order valence-electron chi connectivity index (χ1n) is 7.18. The number of hydrogen-bond acceptors (Lipinski definition) is 4. The van der Waals surface area contributed by atoms with E-state index in [-0.39, 0.29) is 17.8 Å². The van der Waals surface area contributed by atoms with Gasteiger partial charge in [-0.3, -0.25) is 14.5 Å². The number of nitrogens with zero attached hydrogens (tertiary/aromatic N) is 2. The molecule has 5 nitrogen and oxygen atoms in total. The number of rotatable bonds is 5. The second kappa shape index (κ2) is 7.22. The van der Waals surface area contributed by atoms with Crippen LogP contribution in [0.1, 0.15) is 12.0 Å². The lowest BCUT2D eigenvalue weighted by molar-refractivity contribution is -0.145. The highest BCUT2D eigenvalue weighted by Gasteiger charge is 2.30. The van der Waals surface area contributed by atoms with Gasteiger partial charge < -0.3 is 9.64 Å². The molecule has 1 aliphatic heterocycles. The lowest BCUT2D eigenvalue weighted by Crippen LogP contribution is -2.37. The number of methoxy groups -OCH3 is 1. The molecule has 0 saturated carbocycles. The summed E-state index contributed by atoms with van der Waals surface area (Å²) in [6.45, 7) is 2.34. The van der Waals surface area contributed by atoms with Gasteiger partial charge in [-0.25, -0.2) is 0 Å². The fourth-order valence-corrected chi connectivity index (χ4v) is 2.59. The fourth-order valence-electron chi connectivity index (χ4n) is 2.59. The Hall–Kier alpha value is -1.88. The van der Waals surface area contributed by atoms with Crippen molar-refractivity contribution in [1.29, 1.82) is 0 Å². The van der Waals surface area contributed by atoms with E-state index in [2.05, 4.69) is 0 Å². The molecule has 1 saturated heterocycles. The van der Waals surface area contributed by atoms with Crippen LogP contribution in [0.25, 0.3) is 0 Å². The molecule has 1 amide bonds. The van der Waals surface area contributed by atoms with Crippen LogP contribution in [0.3, 0.4) is 0 Å². The van der Waals surface area contributed by atoms with Crippen LogP contribution in [0.5, 0.6) is 0 Å². The first-order chi connectivity index (χ1) is 10.1. The molecule has 1 aromatic rings. The van der Waals surface area contributed by atoms with Gasteiger partial charge >= 0.3 is 5.97 Å². The van der Waals surface area contributed by atoms with Crippen LogP contribution < -0.4 is 0 Å². The van der Waals surface area contributed by atoms with Crippen LogP contribution in [0.4, 0.5) is 0 Å². The maximum Gasteiger partial charge on any atom is 0.310 e. The Morgan fingerprint density at radius 3 is 2.71 bits per heavy atom. The number of hydrogen-bond donors (Lipinski definition) is 0. The second-order valence-corrected chi connectivity index (χ2v) is 5.48. The molecular formula is C16H22N2O3. The van der Waals surface area contributed by atoms with Gasteiger partial charge in [0.05, 0.1) is 19.6 Å². The van der Waals surface area contributed by atoms with Crippen molar-refractivity contribution in [2.24, 2.45) is 5.92 Å². The number of carbonyl (C=O) groups excluding carboxylic acids is 2. The zero-order valence-electron chi connectivity index (χ0n) is 12.6. The molecule has 1 aliphatic rings. The average Bonchev–Trinajstić information content (AvgIpc) is 2.96. The summed E-state index contributed by atoms with van der Waals surface area (Å²) in [7, 11) is 3.22. The molecule has 1 atom stereocenters. The van der Waals surface area contributed by atoms with Crippen molar-refractivity contribution < 1.29 is 14.3 Å². The van der Waals surface area contributed by atoms with E-state index >= 15 is 0 Å². The number of benzene rings is 1. The Morgan fingerprint density at radius 1 is 1.33 bits per heavy atom. The Bertz CT molecular complexity index is 490. The summed E-state index contributed by atoms with van der Waals surface area (Å²) in [6, 6.07) is 9.91. The predicted octanol–water partition coefficient (Wildman–Crippen LogP) is 1.14. The van der Waals surface area contributed by atoms with Gasteiger partial charge in [0.15, 0.2) is 0 Å². The van der Waals surface area contributed by atoms with Gasteiger partial charge in [0, 0.05) is 20.1 Å². The van der Waals surface area contributed by atoms with Crippen molar-refractivity contribution in [3.05, 3.63) is 35.9 Å². The smallest absolute Gasteiger partial charge is 0.310 e. The maximum absolute atomic E-state index is 12.2. The summed E-state index contributed by atoms with van der Waals surface area (Å²) in [5.74, 6) is -0.200. The van der Waals surface area contributed by atoms with Crippen LogP contribution in [0.15, 0.2) is 30.3 Å². The zero-order chi connectivity index (χ0) is 15.2. The molecule has 0 aliphatic carbocycles. The van der Waals surface area contributed by atoms with Gasteiger partial charge in [0.1, 0.15) is 0 Å². The first-order valence-corrected chi connectivity index (χ1v) is 7.18. The van der Waals surface area contributed by atoms with E-state index in [9.17, 15) is 9.59 Å². The summed E-state index contributed by atoms with van der Waals surface area (Å²) in [4.78, 5) is 27.4. The molecule has 5 heteroatoms. The molecular weight excluding hydrogens is 268 g/mol. The molecule has 114 valence electrons. The minimum atomic E-state index is -0.178. The van der Waals surface area contributed by atoms with Gasteiger partial charge in [0.25, 0.3) is 0 Å². The van der Waals surface area contributed by atoms with E-state index in [1.807, 2.05) is 42.3 Å². The van der Waals surface area contributed by atoms with Crippen molar-refractivity contribution in [2.75, 3.05) is 33.8 Å². The standard InChI is InChI=1S/C16H22N2O3/c1-17(10-13-6-4-3-5-7-13)15(19)12-18-9-8-14(11-18)16(20)21-2/h3-7,14H,8-12H2,1-2H3. The summed E-state index contributed by atoms with van der Waals surface area (Å²) in [6.07, 6.45) is 0.766. The number of likely N-dealkylation sites (tertiary alicyclic amines) is 1. The van der Waals surface area contributed by atoms with Crippen molar-refractivity contribution in [3.8, 4) is 0 Å². The van der Waals surface area contributed by atoms with Gasteiger partial charge in [0.2, 0.25) is 5.91 Å². The van der Waals surface area contributed by atoms with Crippen LogP contribution in [0.2, 0.25) is 0 Å². The Balaban J connectivity index is 1.80. The molecule has 0 aromatic heterocycles. The Labute approximate surface area is 125 Å². The van der Waals surface area contributed by atoms with Gasteiger partial charge in [-0.2, -0.15) is 0 Å². The lowest BCUT2D eigenvalue weighted by Gasteiger charge is -2.21. The third kappa shape index (κ3) is 4.29. The Kier molecular flexibility index (Phi) is 5.33. The van der Waals surface area contributed by atoms with Crippen molar-refractivity contribution in [1.82, 2.24) is 9.80 Å². The topological polar surface area (TPSA) is 49.9 Å². The summed E-state index contributed by atoms with van der Waals surface area (Å²) >= 11 is 0. The Morgan fingerprint density at radius 2 is 2.05 bits per heavy atom. The fraction of sp³-hybridized carbons (Fsp3) is 0.500. The molecule has 0 N–H and O–H groups in total. The van der Waals surface area contributed by atoms with Gasteiger partial charge in [-0.1, -0.05) is 30.3 Å². The first kappa shape index (κ1) is 15.5. The third-order valence-corrected chi connectivity index (χ3v) is 3.85. The molecule has 2 rings (SSSR count). The normalized spacial score (nSPS) is 18.5. The zero-order valence-corrected chi connectivity index (χ0v) is 12.6. The molecule has 21 heavy (non-hydrogen) atoms. The predicted molar refractivity (Wildman–Crippen MR) is 79.5 cm³/mol. The van der Waals surface area contributed by atoms with Gasteiger partial charge in [-0.15, -0.1) is 0 Å². The van der Waals surface area contributed by atoms with E-state index < -0.39 is 0 Å². The molecule has 0 spiro atoms. The lowest BCUT2D eigenvalue weighted by atomic mass is 10.1. The number of carbonyl (C=O) groups is 2. The number of ether oxygens (including phenoxy) is 1. The minimum Gasteiger partial charge on any atom is -0.469 e. The molecule has 1 unspecified atom stereocenters. The highest BCUT2D eigenvalue weighted by molar-refractivity contribution is 5.78.